The number of fused-ring (bicyclic) bond motifs is 1. The Hall–Kier alpha value is -1.80. The van der Waals surface area contributed by atoms with Crippen molar-refractivity contribution in [3.63, 3.8) is 0 Å². The normalized spacial score (nSPS) is 11.1. The first kappa shape index (κ1) is 14.2. The lowest BCUT2D eigenvalue weighted by Crippen LogP contribution is -1.85. The van der Waals surface area contributed by atoms with Crippen LogP contribution in [0.1, 0.15) is 31.7 Å². The van der Waals surface area contributed by atoms with E-state index >= 15 is 0 Å². The number of benzene rings is 2. The largest absolute Gasteiger partial charge is 0.508 e. The summed E-state index contributed by atoms with van der Waals surface area (Å²) in [5.74, 6) is 0.335. The highest BCUT2D eigenvalue weighted by molar-refractivity contribution is 7.22. The summed E-state index contributed by atoms with van der Waals surface area (Å²) in [4.78, 5) is 1.26. The third-order valence-electron chi connectivity index (χ3n) is 3.81. The average Bonchev–Trinajstić information content (AvgIpc) is 2.91. The number of hydrogen-bond acceptors (Lipinski definition) is 2. The molecular formula is C19H20OS. The van der Waals surface area contributed by atoms with E-state index in [1.54, 1.807) is 17.4 Å². The van der Waals surface area contributed by atoms with Gasteiger partial charge in [-0.2, -0.15) is 0 Å². The summed E-state index contributed by atoms with van der Waals surface area (Å²) in [6.45, 7) is 2.24. The van der Waals surface area contributed by atoms with Gasteiger partial charge in [0.2, 0.25) is 0 Å². The lowest BCUT2D eigenvalue weighted by molar-refractivity contribution is 0.476. The van der Waals surface area contributed by atoms with Gasteiger partial charge in [0.25, 0.3) is 0 Å². The molecule has 0 fully saturated rings. The fourth-order valence-electron chi connectivity index (χ4n) is 2.58. The first-order valence-electron chi connectivity index (χ1n) is 7.58. The van der Waals surface area contributed by atoms with Crippen LogP contribution in [0.15, 0.2) is 48.5 Å². The second kappa shape index (κ2) is 6.31. The van der Waals surface area contributed by atoms with Crippen LogP contribution in [-0.4, -0.2) is 5.11 Å². The minimum Gasteiger partial charge on any atom is -0.508 e. The molecule has 0 radical (unpaired) electrons. The Bertz CT molecular complexity index is 725. The molecule has 1 N–H and O–H groups in total. The number of aromatic hydroxyl groups is 1. The summed E-state index contributed by atoms with van der Waals surface area (Å²) in [6.07, 6.45) is 5.03. The number of hydrogen-bond donors (Lipinski definition) is 1. The molecule has 0 spiro atoms. The maximum Gasteiger partial charge on any atom is 0.117 e. The van der Waals surface area contributed by atoms with Crippen LogP contribution in [0.2, 0.25) is 0 Å². The van der Waals surface area contributed by atoms with E-state index in [0.29, 0.717) is 5.75 Å². The highest BCUT2D eigenvalue weighted by Gasteiger charge is 2.05. The van der Waals surface area contributed by atoms with Gasteiger partial charge in [0, 0.05) is 9.58 Å². The molecule has 0 saturated heterocycles. The number of aryl methyl sites for hydroxylation is 1. The Labute approximate surface area is 129 Å². The molecule has 108 valence electrons. The second-order valence-corrected chi connectivity index (χ2v) is 6.57. The summed E-state index contributed by atoms with van der Waals surface area (Å²) in [7, 11) is 0. The van der Waals surface area contributed by atoms with E-state index in [9.17, 15) is 5.11 Å². The van der Waals surface area contributed by atoms with E-state index in [4.69, 9.17) is 0 Å². The van der Waals surface area contributed by atoms with Crippen LogP contribution in [0.3, 0.4) is 0 Å². The lowest BCUT2D eigenvalue weighted by atomic mass is 10.0. The van der Waals surface area contributed by atoms with Crippen molar-refractivity contribution in [3.8, 4) is 16.2 Å². The summed E-state index contributed by atoms with van der Waals surface area (Å²) >= 11 is 1.73. The van der Waals surface area contributed by atoms with Gasteiger partial charge in [0.1, 0.15) is 5.75 Å². The first-order chi connectivity index (χ1) is 10.3. The van der Waals surface area contributed by atoms with E-state index in [2.05, 4.69) is 37.3 Å². The molecule has 1 aromatic heterocycles. The molecule has 0 amide bonds. The summed E-state index contributed by atoms with van der Waals surface area (Å²) < 4.78 is 1.14. The molecule has 2 heteroatoms. The molecule has 0 aliphatic rings. The minimum atomic E-state index is 0.335. The molecule has 3 rings (SSSR count). The molecule has 0 unspecified atom stereocenters. The maximum atomic E-state index is 9.56. The zero-order chi connectivity index (χ0) is 14.7. The Kier molecular flexibility index (Phi) is 4.26. The zero-order valence-electron chi connectivity index (χ0n) is 12.3. The number of rotatable bonds is 5. The fourth-order valence-corrected chi connectivity index (χ4v) is 3.68. The van der Waals surface area contributed by atoms with Gasteiger partial charge < -0.3 is 5.11 Å². The first-order valence-corrected chi connectivity index (χ1v) is 8.40. The average molecular weight is 296 g/mol. The smallest absolute Gasteiger partial charge is 0.117 e. The Balaban J connectivity index is 1.81. The SMILES string of the molecule is CCCCCc1ccc(-c2cc3ccc(O)cc3s2)cc1. The quantitative estimate of drug-likeness (QED) is 0.572. The second-order valence-electron chi connectivity index (χ2n) is 5.49. The van der Waals surface area contributed by atoms with Crippen molar-refractivity contribution >= 4 is 21.4 Å². The third-order valence-corrected chi connectivity index (χ3v) is 4.96. The van der Waals surface area contributed by atoms with Crippen LogP contribution in [0.25, 0.3) is 20.5 Å². The molecular weight excluding hydrogens is 276 g/mol. The molecule has 2 aromatic carbocycles. The van der Waals surface area contributed by atoms with Crippen LogP contribution in [0, 0.1) is 0 Å². The van der Waals surface area contributed by atoms with Gasteiger partial charge in [-0.3, -0.25) is 0 Å². The lowest BCUT2D eigenvalue weighted by Gasteiger charge is -2.02. The van der Waals surface area contributed by atoms with Crippen LogP contribution in [0.4, 0.5) is 0 Å². The van der Waals surface area contributed by atoms with Gasteiger partial charge in [-0.15, -0.1) is 11.3 Å². The predicted octanol–water partition coefficient (Wildman–Crippen LogP) is 6.01. The van der Waals surface area contributed by atoms with Crippen molar-refractivity contribution in [1.82, 2.24) is 0 Å². The third kappa shape index (κ3) is 3.27. The number of unbranched alkanes of at least 4 members (excludes halogenated alkanes) is 2. The molecule has 0 saturated carbocycles. The van der Waals surface area contributed by atoms with E-state index in [-0.39, 0.29) is 0 Å². The molecule has 0 aliphatic heterocycles. The zero-order valence-corrected chi connectivity index (χ0v) is 13.1. The summed E-state index contributed by atoms with van der Waals surface area (Å²) in [5, 5.41) is 10.8. The van der Waals surface area contributed by atoms with Crippen molar-refractivity contribution in [2.45, 2.75) is 32.6 Å². The van der Waals surface area contributed by atoms with Crippen molar-refractivity contribution in [3.05, 3.63) is 54.1 Å². The monoisotopic (exact) mass is 296 g/mol. The minimum absolute atomic E-state index is 0.335. The predicted molar refractivity (Wildman–Crippen MR) is 92.2 cm³/mol. The van der Waals surface area contributed by atoms with Gasteiger partial charge in [-0.1, -0.05) is 44.0 Å². The topological polar surface area (TPSA) is 20.2 Å². The van der Waals surface area contributed by atoms with Crippen molar-refractivity contribution in [1.29, 1.82) is 0 Å². The Morgan fingerprint density at radius 2 is 1.76 bits per heavy atom. The Morgan fingerprint density at radius 3 is 2.52 bits per heavy atom. The maximum absolute atomic E-state index is 9.56. The van der Waals surface area contributed by atoms with Crippen molar-refractivity contribution < 1.29 is 5.11 Å². The van der Waals surface area contributed by atoms with Crippen molar-refractivity contribution in [2.75, 3.05) is 0 Å². The van der Waals surface area contributed by atoms with Crippen LogP contribution >= 0.6 is 11.3 Å². The van der Waals surface area contributed by atoms with Crippen LogP contribution in [-0.2, 0) is 6.42 Å². The molecule has 0 atom stereocenters. The molecule has 0 bridgehead atoms. The highest BCUT2D eigenvalue weighted by Crippen LogP contribution is 2.35. The Morgan fingerprint density at radius 1 is 0.952 bits per heavy atom. The fraction of sp³-hybridized carbons (Fsp3) is 0.263. The van der Waals surface area contributed by atoms with Gasteiger partial charge in [-0.25, -0.2) is 0 Å². The van der Waals surface area contributed by atoms with E-state index in [1.165, 1.54) is 47.1 Å². The van der Waals surface area contributed by atoms with Gasteiger partial charge in [0.15, 0.2) is 0 Å². The molecule has 21 heavy (non-hydrogen) atoms. The molecule has 1 heterocycles. The standard InChI is InChI=1S/C19H20OS/c1-2-3-4-5-14-6-8-15(9-7-14)18-12-16-10-11-17(20)13-19(16)21-18/h6-13,20H,2-5H2,1H3. The molecule has 1 nitrogen and oxygen atoms in total. The molecule has 3 aromatic rings. The van der Waals surface area contributed by atoms with Crippen LogP contribution in [0.5, 0.6) is 5.75 Å². The highest BCUT2D eigenvalue weighted by atomic mass is 32.1. The van der Waals surface area contributed by atoms with Gasteiger partial charge in [-0.05, 0) is 53.6 Å². The van der Waals surface area contributed by atoms with Gasteiger partial charge in [0.05, 0.1) is 0 Å². The van der Waals surface area contributed by atoms with Crippen LogP contribution < -0.4 is 0 Å². The summed E-state index contributed by atoms with van der Waals surface area (Å²) in [6, 6.07) is 16.7. The summed E-state index contributed by atoms with van der Waals surface area (Å²) in [5.41, 5.74) is 2.68. The van der Waals surface area contributed by atoms with Crippen molar-refractivity contribution in [2.24, 2.45) is 0 Å². The van der Waals surface area contributed by atoms with E-state index < -0.39 is 0 Å². The van der Waals surface area contributed by atoms with E-state index in [1.807, 2.05) is 12.1 Å². The van der Waals surface area contributed by atoms with Gasteiger partial charge >= 0.3 is 0 Å². The number of phenolic OH excluding ortho intramolecular Hbond substituents is 1. The molecule has 0 aliphatic carbocycles. The van der Waals surface area contributed by atoms with E-state index in [0.717, 1.165) is 4.70 Å². The number of thiophene rings is 1. The number of phenols is 1.